The van der Waals surface area contributed by atoms with Crippen LogP contribution >= 0.6 is 11.6 Å². The summed E-state index contributed by atoms with van der Waals surface area (Å²) >= 11 is 6.21. The number of hydrogen-bond donors (Lipinski definition) is 0. The van der Waals surface area contributed by atoms with E-state index < -0.39 is 0 Å². The van der Waals surface area contributed by atoms with Crippen LogP contribution in [-0.4, -0.2) is 42.7 Å². The highest BCUT2D eigenvalue weighted by Crippen LogP contribution is 2.45. The third kappa shape index (κ3) is 2.48. The topological polar surface area (TPSA) is 22.6 Å². The van der Waals surface area contributed by atoms with E-state index in [-0.39, 0.29) is 11.2 Å². The number of nitrogens with zero attached hydrogens (tertiary/aromatic N) is 4. The molecule has 136 valence electrons. The smallest absolute Gasteiger partial charge is 0.165 e. The summed E-state index contributed by atoms with van der Waals surface area (Å²) < 4.78 is 13.9. The van der Waals surface area contributed by atoms with Gasteiger partial charge in [0, 0.05) is 49.4 Å². The number of rotatable bonds is 2. The first-order chi connectivity index (χ1) is 12.5. The van der Waals surface area contributed by atoms with Crippen LogP contribution in [0.25, 0.3) is 0 Å². The van der Waals surface area contributed by atoms with Crippen LogP contribution in [0.15, 0.2) is 36.5 Å². The maximum Gasteiger partial charge on any atom is 0.165 e. The molecule has 1 spiro atoms. The fourth-order valence-electron chi connectivity index (χ4n) is 4.66. The first-order valence-corrected chi connectivity index (χ1v) is 9.60. The minimum absolute atomic E-state index is 0.227. The Hall–Kier alpha value is -1.85. The van der Waals surface area contributed by atoms with Crippen molar-refractivity contribution in [2.45, 2.75) is 19.3 Å². The van der Waals surface area contributed by atoms with Crippen molar-refractivity contribution in [2.24, 2.45) is 5.41 Å². The van der Waals surface area contributed by atoms with Crippen LogP contribution in [0.3, 0.4) is 0 Å². The van der Waals surface area contributed by atoms with Crippen molar-refractivity contribution < 1.29 is 4.39 Å². The molecule has 0 aliphatic carbocycles. The zero-order valence-electron chi connectivity index (χ0n) is 14.8. The lowest BCUT2D eigenvalue weighted by Crippen LogP contribution is -2.75. The molecule has 4 nitrogen and oxygen atoms in total. The van der Waals surface area contributed by atoms with Crippen LogP contribution in [-0.2, 0) is 0 Å². The lowest BCUT2D eigenvalue weighted by molar-refractivity contribution is -0.0321. The summed E-state index contributed by atoms with van der Waals surface area (Å²) in [5, 5.41) is 5.66. The standard InChI is InChI=1S/C20H22ClFN4/c1-14-6-8-26(18-5-4-15(21)9-16(14)18)25-12-20(13-25)10-24(11-20)19-17(22)3-2-7-23-19/h2-5,7,9,14H,6,8,10-13H2,1H3. The molecule has 3 aliphatic heterocycles. The molecule has 1 unspecified atom stereocenters. The van der Waals surface area contributed by atoms with Crippen LogP contribution in [0.5, 0.6) is 0 Å². The number of hydrazine groups is 1. The summed E-state index contributed by atoms with van der Waals surface area (Å²) in [5.74, 6) is 0.805. The molecule has 2 aromatic rings. The Kier molecular flexibility index (Phi) is 3.66. The minimum Gasteiger partial charge on any atom is -0.353 e. The second kappa shape index (κ2) is 5.83. The molecule has 1 atom stereocenters. The van der Waals surface area contributed by atoms with E-state index in [0.29, 0.717) is 11.7 Å². The summed E-state index contributed by atoms with van der Waals surface area (Å²) in [7, 11) is 0. The second-order valence-corrected chi connectivity index (χ2v) is 8.44. The van der Waals surface area contributed by atoms with Gasteiger partial charge < -0.3 is 9.91 Å². The first-order valence-electron chi connectivity index (χ1n) is 9.22. The quantitative estimate of drug-likeness (QED) is 0.796. The molecular weight excluding hydrogens is 351 g/mol. The van der Waals surface area contributed by atoms with E-state index in [1.807, 2.05) is 6.07 Å². The normalized spacial score (nSPS) is 24.2. The zero-order chi connectivity index (χ0) is 17.9. The number of pyridine rings is 1. The van der Waals surface area contributed by atoms with Crippen molar-refractivity contribution in [1.29, 1.82) is 0 Å². The SMILES string of the molecule is CC1CCN(N2CC3(CN(c4ncccc4F)C3)C2)c2ccc(Cl)cc21. The van der Waals surface area contributed by atoms with Crippen molar-refractivity contribution in [3.63, 3.8) is 0 Å². The summed E-state index contributed by atoms with van der Waals surface area (Å²) in [5.41, 5.74) is 2.91. The van der Waals surface area contributed by atoms with Gasteiger partial charge in [0.05, 0.1) is 5.69 Å². The van der Waals surface area contributed by atoms with Crippen molar-refractivity contribution in [1.82, 2.24) is 9.99 Å². The van der Waals surface area contributed by atoms with Crippen LogP contribution in [0.1, 0.15) is 24.8 Å². The van der Waals surface area contributed by atoms with Gasteiger partial charge in [0.2, 0.25) is 0 Å². The highest BCUT2D eigenvalue weighted by Gasteiger charge is 2.54. The highest BCUT2D eigenvalue weighted by atomic mass is 35.5. The van der Waals surface area contributed by atoms with E-state index in [4.69, 9.17) is 11.6 Å². The van der Waals surface area contributed by atoms with Crippen LogP contribution in [0.2, 0.25) is 5.02 Å². The van der Waals surface area contributed by atoms with E-state index in [2.05, 4.69) is 39.0 Å². The number of hydrogen-bond acceptors (Lipinski definition) is 4. The van der Waals surface area contributed by atoms with Crippen LogP contribution in [0, 0.1) is 11.2 Å². The van der Waals surface area contributed by atoms with Crippen molar-refractivity contribution in [3.8, 4) is 0 Å². The predicted molar refractivity (Wildman–Crippen MR) is 102 cm³/mol. The molecule has 1 aromatic heterocycles. The van der Waals surface area contributed by atoms with Gasteiger partial charge in [-0.25, -0.2) is 14.4 Å². The van der Waals surface area contributed by atoms with E-state index in [1.54, 1.807) is 12.3 Å². The lowest BCUT2D eigenvalue weighted by Gasteiger charge is -2.63. The maximum atomic E-state index is 13.9. The molecule has 0 amide bonds. The Bertz CT molecular complexity index is 843. The Morgan fingerprint density at radius 3 is 2.77 bits per heavy atom. The minimum atomic E-state index is -0.227. The van der Waals surface area contributed by atoms with E-state index >= 15 is 0 Å². The molecule has 0 radical (unpaired) electrons. The highest BCUT2D eigenvalue weighted by molar-refractivity contribution is 6.30. The third-order valence-corrected chi connectivity index (χ3v) is 6.28. The molecule has 0 saturated carbocycles. The largest absolute Gasteiger partial charge is 0.353 e. The second-order valence-electron chi connectivity index (χ2n) is 8.00. The van der Waals surface area contributed by atoms with Crippen molar-refractivity contribution in [3.05, 3.63) is 52.9 Å². The number of halogens is 2. The van der Waals surface area contributed by atoms with Crippen molar-refractivity contribution >= 4 is 23.1 Å². The molecule has 0 N–H and O–H groups in total. The van der Waals surface area contributed by atoms with Gasteiger partial charge in [0.1, 0.15) is 0 Å². The molecule has 26 heavy (non-hydrogen) atoms. The number of anilines is 2. The molecule has 2 fully saturated rings. The molecule has 4 heterocycles. The van der Waals surface area contributed by atoms with Gasteiger partial charge >= 0.3 is 0 Å². The van der Waals surface area contributed by atoms with E-state index in [1.165, 1.54) is 17.3 Å². The fraction of sp³-hybridized carbons (Fsp3) is 0.450. The summed E-state index contributed by atoms with van der Waals surface area (Å²) in [6, 6.07) is 9.36. The third-order valence-electron chi connectivity index (χ3n) is 6.04. The average molecular weight is 373 g/mol. The molecule has 2 saturated heterocycles. The predicted octanol–water partition coefficient (Wildman–Crippen LogP) is 3.92. The van der Waals surface area contributed by atoms with Gasteiger partial charge in [-0.2, -0.15) is 0 Å². The maximum absolute atomic E-state index is 13.9. The van der Waals surface area contributed by atoms with Gasteiger partial charge in [0.25, 0.3) is 0 Å². The summed E-state index contributed by atoms with van der Waals surface area (Å²) in [6.07, 6.45) is 2.80. The molecule has 3 aliphatic rings. The Morgan fingerprint density at radius 2 is 2.00 bits per heavy atom. The zero-order valence-corrected chi connectivity index (χ0v) is 15.6. The Morgan fingerprint density at radius 1 is 1.19 bits per heavy atom. The molecular formula is C20H22ClFN4. The number of benzene rings is 1. The van der Waals surface area contributed by atoms with Gasteiger partial charge in [-0.3, -0.25) is 0 Å². The van der Waals surface area contributed by atoms with E-state index in [9.17, 15) is 4.39 Å². The molecule has 1 aromatic carbocycles. The first kappa shape index (κ1) is 16.3. The molecule has 0 bridgehead atoms. The monoisotopic (exact) mass is 372 g/mol. The number of aromatic nitrogens is 1. The van der Waals surface area contributed by atoms with Gasteiger partial charge in [-0.15, -0.1) is 0 Å². The average Bonchev–Trinajstić information content (AvgIpc) is 2.56. The van der Waals surface area contributed by atoms with Gasteiger partial charge in [0.15, 0.2) is 11.6 Å². The van der Waals surface area contributed by atoms with Crippen LogP contribution < -0.4 is 9.91 Å². The van der Waals surface area contributed by atoms with Gasteiger partial charge in [-0.05, 0) is 48.2 Å². The summed E-state index contributed by atoms with van der Waals surface area (Å²) in [4.78, 5) is 6.25. The lowest BCUT2D eigenvalue weighted by atomic mass is 9.73. The molecule has 5 rings (SSSR count). The fourth-order valence-corrected chi connectivity index (χ4v) is 4.84. The molecule has 6 heteroatoms. The number of fused-ring (bicyclic) bond motifs is 1. The Labute approximate surface area is 158 Å². The summed E-state index contributed by atoms with van der Waals surface area (Å²) in [6.45, 7) is 7.13. The Balaban J connectivity index is 1.27. The van der Waals surface area contributed by atoms with Crippen molar-refractivity contribution in [2.75, 3.05) is 42.6 Å². The van der Waals surface area contributed by atoms with Crippen LogP contribution in [0.4, 0.5) is 15.9 Å². The van der Waals surface area contributed by atoms with E-state index in [0.717, 1.165) is 44.2 Å². The van der Waals surface area contributed by atoms with Gasteiger partial charge in [-0.1, -0.05) is 18.5 Å².